The van der Waals surface area contributed by atoms with Crippen LogP contribution in [0, 0.1) is 6.92 Å². The van der Waals surface area contributed by atoms with Crippen LogP contribution in [-0.2, 0) is 0 Å². The summed E-state index contributed by atoms with van der Waals surface area (Å²) in [6, 6.07) is 4.24. The minimum absolute atomic E-state index is 0. The average Bonchev–Trinajstić information content (AvgIpc) is 2.36. The van der Waals surface area contributed by atoms with Crippen LogP contribution in [0.4, 0.5) is 0 Å². The van der Waals surface area contributed by atoms with Crippen LogP contribution < -0.4 is 17.4 Å². The summed E-state index contributed by atoms with van der Waals surface area (Å²) in [7, 11) is 0. The predicted molar refractivity (Wildman–Crippen MR) is 43.1 cm³/mol. The fraction of sp³-hybridized carbons (Fsp3) is 0.125. The summed E-state index contributed by atoms with van der Waals surface area (Å²) in [6.45, 7) is 2.10. The molecule has 0 fully saturated rings. The zero-order chi connectivity index (χ0) is 6.97. The highest BCUT2D eigenvalue weighted by Crippen LogP contribution is 2.20. The van der Waals surface area contributed by atoms with E-state index in [-0.39, 0.29) is 12.4 Å². The Morgan fingerprint density at radius 1 is 1.36 bits per heavy atom. The van der Waals surface area contributed by atoms with Gasteiger partial charge in [-0.3, -0.25) is 0 Å². The number of aryl methyl sites for hydroxylation is 1. The van der Waals surface area contributed by atoms with E-state index in [0.717, 1.165) is 0 Å². The smallest absolute Gasteiger partial charge is 0.194 e. The molecule has 3 heteroatoms. The Morgan fingerprint density at radius 3 is 2.91 bits per heavy atom. The lowest BCUT2D eigenvalue weighted by atomic mass is 10.3. The molecule has 58 valence electrons. The van der Waals surface area contributed by atoms with E-state index in [1.165, 1.54) is 15.8 Å². The molecule has 0 unspecified atom stereocenters. The van der Waals surface area contributed by atoms with Crippen LogP contribution in [-0.4, -0.2) is 0 Å². The number of pyridine rings is 1. The zero-order valence-electron chi connectivity index (χ0n) is 6.10. The number of thiophene rings is 1. The highest BCUT2D eigenvalue weighted by atomic mass is 35.5. The van der Waals surface area contributed by atoms with Crippen molar-refractivity contribution in [1.29, 1.82) is 0 Å². The number of H-pyrrole nitrogens is 1. The Bertz CT molecular complexity index is 356. The Morgan fingerprint density at radius 2 is 2.18 bits per heavy atom. The van der Waals surface area contributed by atoms with Gasteiger partial charge in [0.1, 0.15) is 4.70 Å². The first-order valence-corrected chi connectivity index (χ1v) is 4.10. The van der Waals surface area contributed by atoms with Crippen LogP contribution in [0.15, 0.2) is 23.7 Å². The van der Waals surface area contributed by atoms with Gasteiger partial charge in [0, 0.05) is 18.4 Å². The van der Waals surface area contributed by atoms with Gasteiger partial charge in [-0.05, 0) is 11.4 Å². The Kier molecular flexibility index (Phi) is 2.47. The summed E-state index contributed by atoms with van der Waals surface area (Å²) >= 11 is 1.78. The molecule has 0 bridgehead atoms. The lowest BCUT2D eigenvalue weighted by Gasteiger charge is -1.84. The van der Waals surface area contributed by atoms with E-state index in [4.69, 9.17) is 0 Å². The molecular weight excluding hydrogens is 178 g/mol. The summed E-state index contributed by atoms with van der Waals surface area (Å²) in [5.41, 5.74) is 1.26. The number of hydrogen-bond acceptors (Lipinski definition) is 1. The van der Waals surface area contributed by atoms with E-state index >= 15 is 0 Å². The SMILES string of the molecule is Cc1[nH+]ccc2ccsc12.[Cl-]. The van der Waals surface area contributed by atoms with Gasteiger partial charge >= 0.3 is 0 Å². The zero-order valence-corrected chi connectivity index (χ0v) is 7.67. The van der Waals surface area contributed by atoms with E-state index in [1.54, 1.807) is 11.3 Å². The summed E-state index contributed by atoms with van der Waals surface area (Å²) in [6.07, 6.45) is 1.98. The summed E-state index contributed by atoms with van der Waals surface area (Å²) in [5.74, 6) is 0. The second-order valence-corrected chi connectivity index (χ2v) is 3.22. The maximum atomic E-state index is 3.17. The summed E-state index contributed by atoms with van der Waals surface area (Å²) in [5, 5.41) is 3.45. The van der Waals surface area contributed by atoms with Gasteiger partial charge in [0.25, 0.3) is 0 Å². The number of aromatic amines is 1. The first kappa shape index (κ1) is 8.50. The topological polar surface area (TPSA) is 14.1 Å². The van der Waals surface area contributed by atoms with Gasteiger partial charge in [0.05, 0.1) is 0 Å². The van der Waals surface area contributed by atoms with Crippen molar-refractivity contribution in [2.45, 2.75) is 6.92 Å². The number of hydrogen-bond donors (Lipinski definition) is 0. The van der Waals surface area contributed by atoms with Gasteiger partial charge in [-0.15, -0.1) is 11.3 Å². The van der Waals surface area contributed by atoms with Crippen molar-refractivity contribution in [2.24, 2.45) is 0 Å². The quantitative estimate of drug-likeness (QED) is 0.502. The monoisotopic (exact) mass is 185 g/mol. The maximum absolute atomic E-state index is 3.17. The van der Waals surface area contributed by atoms with Crippen molar-refractivity contribution in [3.8, 4) is 0 Å². The van der Waals surface area contributed by atoms with Crippen molar-refractivity contribution in [2.75, 3.05) is 0 Å². The molecule has 0 aliphatic rings. The van der Waals surface area contributed by atoms with Crippen molar-refractivity contribution < 1.29 is 17.4 Å². The number of fused-ring (bicyclic) bond motifs is 1. The molecule has 0 aromatic carbocycles. The van der Waals surface area contributed by atoms with Crippen molar-refractivity contribution in [3.63, 3.8) is 0 Å². The standard InChI is InChI=1S/C8H7NS.ClH/c1-6-8-7(2-4-9-6)3-5-10-8;/h2-5H,1H3;1H. The van der Waals surface area contributed by atoms with Crippen molar-refractivity contribution in [3.05, 3.63) is 29.4 Å². The highest BCUT2D eigenvalue weighted by molar-refractivity contribution is 7.17. The Labute approximate surface area is 75.5 Å². The third kappa shape index (κ3) is 1.37. The summed E-state index contributed by atoms with van der Waals surface area (Å²) in [4.78, 5) is 3.17. The Hall–Kier alpha value is -0.600. The molecule has 2 heterocycles. The fourth-order valence-electron chi connectivity index (χ4n) is 1.08. The minimum atomic E-state index is 0. The third-order valence-electron chi connectivity index (χ3n) is 1.60. The number of halogens is 1. The third-order valence-corrected chi connectivity index (χ3v) is 2.65. The number of rotatable bonds is 0. The van der Waals surface area contributed by atoms with E-state index in [2.05, 4.69) is 29.4 Å². The van der Waals surface area contributed by atoms with Crippen molar-refractivity contribution >= 4 is 21.4 Å². The van der Waals surface area contributed by atoms with Crippen LogP contribution in [0.5, 0.6) is 0 Å². The molecule has 1 N–H and O–H groups in total. The van der Waals surface area contributed by atoms with Gasteiger partial charge in [-0.1, -0.05) is 0 Å². The van der Waals surface area contributed by atoms with E-state index in [9.17, 15) is 0 Å². The molecule has 0 aliphatic carbocycles. The molecule has 0 saturated carbocycles. The molecule has 0 aliphatic heterocycles. The van der Waals surface area contributed by atoms with Gasteiger partial charge in [-0.25, -0.2) is 4.98 Å². The van der Waals surface area contributed by atoms with E-state index in [0.29, 0.717) is 0 Å². The fourth-order valence-corrected chi connectivity index (χ4v) is 1.94. The minimum Gasteiger partial charge on any atom is -1.00 e. The molecule has 2 rings (SSSR count). The van der Waals surface area contributed by atoms with Gasteiger partial charge < -0.3 is 12.4 Å². The second kappa shape index (κ2) is 3.20. The molecule has 0 amide bonds. The van der Waals surface area contributed by atoms with Gasteiger partial charge in [0.15, 0.2) is 11.9 Å². The van der Waals surface area contributed by atoms with Crippen LogP contribution >= 0.6 is 11.3 Å². The van der Waals surface area contributed by atoms with Gasteiger partial charge in [0.2, 0.25) is 0 Å². The molecule has 0 radical (unpaired) electrons. The molecular formula is C8H8ClNS. The lowest BCUT2D eigenvalue weighted by Crippen LogP contribution is -3.00. The molecule has 2 aromatic rings. The van der Waals surface area contributed by atoms with Crippen LogP contribution in [0.25, 0.3) is 10.1 Å². The average molecular weight is 186 g/mol. The molecule has 0 saturated heterocycles. The maximum Gasteiger partial charge on any atom is 0.194 e. The largest absolute Gasteiger partial charge is 1.00 e. The lowest BCUT2D eigenvalue weighted by molar-refractivity contribution is -0.385. The van der Waals surface area contributed by atoms with Crippen LogP contribution in [0.2, 0.25) is 0 Å². The first-order chi connectivity index (χ1) is 4.88. The molecule has 11 heavy (non-hydrogen) atoms. The van der Waals surface area contributed by atoms with Crippen LogP contribution in [0.3, 0.4) is 0 Å². The molecule has 0 atom stereocenters. The van der Waals surface area contributed by atoms with Crippen LogP contribution in [0.1, 0.15) is 5.69 Å². The normalized spacial score (nSPS) is 9.55. The predicted octanol–water partition coefficient (Wildman–Crippen LogP) is -0.972. The van der Waals surface area contributed by atoms with Crippen molar-refractivity contribution in [1.82, 2.24) is 0 Å². The van der Waals surface area contributed by atoms with Gasteiger partial charge in [-0.2, -0.15) is 0 Å². The Balaban J connectivity index is 0.000000605. The number of nitrogens with one attached hydrogen (secondary N) is 1. The highest BCUT2D eigenvalue weighted by Gasteiger charge is 2.01. The number of aromatic nitrogens is 1. The van der Waals surface area contributed by atoms with E-state index in [1.807, 2.05) is 6.20 Å². The molecule has 1 nitrogen and oxygen atoms in total. The molecule has 0 spiro atoms. The first-order valence-electron chi connectivity index (χ1n) is 3.22. The second-order valence-electron chi connectivity index (χ2n) is 2.31. The molecule has 2 aromatic heterocycles. The van der Waals surface area contributed by atoms with E-state index < -0.39 is 0 Å². The summed E-state index contributed by atoms with van der Waals surface area (Å²) < 4.78 is 1.36.